The topological polar surface area (TPSA) is 63.7 Å². The first-order chi connectivity index (χ1) is 13.7. The molecule has 0 N–H and O–H groups in total. The second kappa shape index (κ2) is 8.71. The fraction of sp³-hybridized carbons (Fsp3) is 0.381. The zero-order chi connectivity index (χ0) is 21.2. The Morgan fingerprint density at radius 3 is 2.66 bits per heavy atom. The van der Waals surface area contributed by atoms with E-state index in [1.54, 1.807) is 43.3 Å². The zero-order valence-corrected chi connectivity index (χ0v) is 17.8. The van der Waals surface area contributed by atoms with E-state index in [4.69, 9.17) is 16.3 Å². The minimum atomic E-state index is -3.21. The number of aryl methyl sites for hydroxylation is 1. The Morgan fingerprint density at radius 2 is 2.03 bits per heavy atom. The summed E-state index contributed by atoms with van der Waals surface area (Å²) >= 11 is 6.03. The van der Waals surface area contributed by atoms with E-state index in [9.17, 15) is 17.6 Å². The third-order valence-electron chi connectivity index (χ3n) is 5.02. The third kappa shape index (κ3) is 5.28. The SMILES string of the molecule is Cc1cc(O[C@@H](C)C(=O)N(Cc2ccccc2F)[C@@H]2CCS(=O)(=O)C2)ccc1Cl. The molecule has 0 saturated carbocycles. The number of hydrogen-bond acceptors (Lipinski definition) is 4. The van der Waals surface area contributed by atoms with Crippen molar-refractivity contribution < 1.29 is 22.3 Å². The Labute approximate surface area is 175 Å². The average Bonchev–Trinajstić information content (AvgIpc) is 3.03. The molecule has 5 nitrogen and oxygen atoms in total. The second-order valence-corrected chi connectivity index (χ2v) is 9.92. The molecular weight excluding hydrogens is 417 g/mol. The van der Waals surface area contributed by atoms with Gasteiger partial charge in [-0.1, -0.05) is 29.8 Å². The van der Waals surface area contributed by atoms with Crippen LogP contribution in [0, 0.1) is 12.7 Å². The van der Waals surface area contributed by atoms with Crippen molar-refractivity contribution in [1.82, 2.24) is 4.90 Å². The molecule has 1 amide bonds. The summed E-state index contributed by atoms with van der Waals surface area (Å²) in [7, 11) is -3.21. The molecule has 1 aliphatic heterocycles. The summed E-state index contributed by atoms with van der Waals surface area (Å²) in [5, 5.41) is 0.591. The largest absolute Gasteiger partial charge is 0.481 e. The molecule has 2 atom stereocenters. The van der Waals surface area contributed by atoms with E-state index in [2.05, 4.69) is 0 Å². The summed E-state index contributed by atoms with van der Waals surface area (Å²) < 4.78 is 43.9. The van der Waals surface area contributed by atoms with E-state index in [1.165, 1.54) is 11.0 Å². The van der Waals surface area contributed by atoms with Gasteiger partial charge in [-0.25, -0.2) is 12.8 Å². The first kappa shape index (κ1) is 21.6. The van der Waals surface area contributed by atoms with Crippen molar-refractivity contribution in [1.29, 1.82) is 0 Å². The van der Waals surface area contributed by atoms with Crippen molar-refractivity contribution in [3.63, 3.8) is 0 Å². The number of sulfone groups is 1. The monoisotopic (exact) mass is 439 g/mol. The minimum absolute atomic E-state index is 0.0148. The quantitative estimate of drug-likeness (QED) is 0.687. The maximum Gasteiger partial charge on any atom is 0.263 e. The fourth-order valence-corrected chi connectivity index (χ4v) is 5.25. The molecule has 0 unspecified atom stereocenters. The summed E-state index contributed by atoms with van der Waals surface area (Å²) in [6, 6.07) is 10.7. The van der Waals surface area contributed by atoms with Crippen LogP contribution in [0.5, 0.6) is 5.75 Å². The van der Waals surface area contributed by atoms with Gasteiger partial charge in [-0.05, 0) is 50.1 Å². The molecule has 3 rings (SSSR count). The first-order valence-electron chi connectivity index (χ1n) is 9.33. The molecule has 2 aromatic rings. The molecule has 29 heavy (non-hydrogen) atoms. The van der Waals surface area contributed by atoms with Crippen LogP contribution in [-0.2, 0) is 21.2 Å². The highest BCUT2D eigenvalue weighted by atomic mass is 35.5. The standard InChI is InChI=1S/C21H23ClFNO4S/c1-14-11-18(7-8-19(14)22)28-15(2)21(25)24(17-9-10-29(26,27)13-17)12-16-5-3-4-6-20(16)23/h3-8,11,15,17H,9-10,12-13H2,1-2H3/t15-,17+/m0/s1. The third-order valence-corrected chi connectivity index (χ3v) is 7.20. The summed E-state index contributed by atoms with van der Waals surface area (Å²) in [6.45, 7) is 3.42. The van der Waals surface area contributed by atoms with E-state index in [-0.39, 0.29) is 24.0 Å². The number of nitrogens with zero attached hydrogens (tertiary/aromatic N) is 1. The number of ether oxygens (including phenoxy) is 1. The zero-order valence-electron chi connectivity index (χ0n) is 16.3. The van der Waals surface area contributed by atoms with Gasteiger partial charge >= 0.3 is 0 Å². The Morgan fingerprint density at radius 1 is 1.31 bits per heavy atom. The molecule has 1 aliphatic rings. The molecule has 1 saturated heterocycles. The van der Waals surface area contributed by atoms with Crippen LogP contribution in [0.2, 0.25) is 5.02 Å². The first-order valence-corrected chi connectivity index (χ1v) is 11.5. The van der Waals surface area contributed by atoms with Gasteiger partial charge in [-0.15, -0.1) is 0 Å². The van der Waals surface area contributed by atoms with E-state index < -0.39 is 27.8 Å². The predicted molar refractivity (Wildman–Crippen MR) is 110 cm³/mol. The van der Waals surface area contributed by atoms with Gasteiger partial charge in [-0.3, -0.25) is 4.79 Å². The number of carbonyl (C=O) groups excluding carboxylic acids is 1. The van der Waals surface area contributed by atoms with Gasteiger partial charge in [0.1, 0.15) is 11.6 Å². The molecule has 1 heterocycles. The summed E-state index contributed by atoms with van der Waals surface area (Å²) in [5.41, 5.74) is 1.15. The van der Waals surface area contributed by atoms with Gasteiger partial charge in [0.05, 0.1) is 11.5 Å². The Hall–Kier alpha value is -2.12. The van der Waals surface area contributed by atoms with Gasteiger partial charge in [0.15, 0.2) is 15.9 Å². The van der Waals surface area contributed by atoms with E-state index in [1.807, 2.05) is 6.92 Å². The van der Waals surface area contributed by atoms with E-state index in [0.29, 0.717) is 22.8 Å². The van der Waals surface area contributed by atoms with Crippen molar-refractivity contribution in [2.75, 3.05) is 11.5 Å². The van der Waals surface area contributed by atoms with Crippen molar-refractivity contribution in [3.8, 4) is 5.75 Å². The highest BCUT2D eigenvalue weighted by molar-refractivity contribution is 7.91. The maximum atomic E-state index is 14.2. The molecule has 2 aromatic carbocycles. The molecular formula is C21H23ClFNO4S. The van der Waals surface area contributed by atoms with Crippen LogP contribution in [0.15, 0.2) is 42.5 Å². The van der Waals surface area contributed by atoms with E-state index >= 15 is 0 Å². The van der Waals surface area contributed by atoms with Crippen molar-refractivity contribution in [3.05, 3.63) is 64.4 Å². The molecule has 156 valence electrons. The summed E-state index contributed by atoms with van der Waals surface area (Å²) in [5.74, 6) is -0.446. The van der Waals surface area contributed by atoms with Crippen LogP contribution in [0.3, 0.4) is 0 Å². The summed E-state index contributed by atoms with van der Waals surface area (Å²) in [6.07, 6.45) is -0.541. The van der Waals surface area contributed by atoms with Gasteiger partial charge in [0.25, 0.3) is 5.91 Å². The average molecular weight is 440 g/mol. The van der Waals surface area contributed by atoms with Crippen LogP contribution < -0.4 is 4.74 Å². The highest BCUT2D eigenvalue weighted by Crippen LogP contribution is 2.25. The van der Waals surface area contributed by atoms with Gasteiger partial charge in [0.2, 0.25) is 0 Å². The van der Waals surface area contributed by atoms with Crippen LogP contribution in [0.1, 0.15) is 24.5 Å². The van der Waals surface area contributed by atoms with Crippen LogP contribution in [-0.4, -0.2) is 42.9 Å². The number of carbonyl (C=O) groups is 1. The number of hydrogen-bond donors (Lipinski definition) is 0. The number of halogens is 2. The normalized spacial score (nSPS) is 19.0. The Kier molecular flexibility index (Phi) is 6.49. The number of amides is 1. The van der Waals surface area contributed by atoms with Gasteiger partial charge in [0, 0.05) is 23.2 Å². The predicted octanol–water partition coefficient (Wildman–Crippen LogP) is 3.77. The van der Waals surface area contributed by atoms with Crippen LogP contribution in [0.4, 0.5) is 4.39 Å². The lowest BCUT2D eigenvalue weighted by Crippen LogP contribution is -2.46. The maximum absolute atomic E-state index is 14.2. The highest BCUT2D eigenvalue weighted by Gasteiger charge is 2.37. The second-order valence-electron chi connectivity index (χ2n) is 7.29. The van der Waals surface area contributed by atoms with Crippen molar-refractivity contribution >= 4 is 27.3 Å². The molecule has 1 fully saturated rings. The molecule has 0 aliphatic carbocycles. The minimum Gasteiger partial charge on any atom is -0.481 e. The lowest BCUT2D eigenvalue weighted by atomic mass is 10.1. The summed E-state index contributed by atoms with van der Waals surface area (Å²) in [4.78, 5) is 14.6. The molecule has 0 spiro atoms. The number of rotatable bonds is 6. The lowest BCUT2D eigenvalue weighted by Gasteiger charge is -2.31. The van der Waals surface area contributed by atoms with Crippen molar-refractivity contribution in [2.45, 2.75) is 39.0 Å². The lowest BCUT2D eigenvalue weighted by molar-refractivity contribution is -0.140. The Bertz CT molecular complexity index is 1010. The molecule has 0 radical (unpaired) electrons. The fourth-order valence-electron chi connectivity index (χ4n) is 3.40. The smallest absolute Gasteiger partial charge is 0.263 e. The molecule has 0 aromatic heterocycles. The number of benzene rings is 2. The van der Waals surface area contributed by atoms with Gasteiger partial charge in [-0.2, -0.15) is 0 Å². The van der Waals surface area contributed by atoms with Crippen LogP contribution >= 0.6 is 11.6 Å². The Balaban J connectivity index is 1.82. The van der Waals surface area contributed by atoms with Crippen LogP contribution in [0.25, 0.3) is 0 Å². The van der Waals surface area contributed by atoms with Gasteiger partial charge < -0.3 is 9.64 Å². The van der Waals surface area contributed by atoms with Crippen molar-refractivity contribution in [2.24, 2.45) is 0 Å². The molecule has 8 heteroatoms. The van der Waals surface area contributed by atoms with E-state index in [0.717, 1.165) is 5.56 Å². The molecule has 0 bridgehead atoms.